The number of piperazine rings is 1. The summed E-state index contributed by atoms with van der Waals surface area (Å²) in [5, 5.41) is 0. The van der Waals surface area contributed by atoms with Crippen molar-refractivity contribution in [2.24, 2.45) is 0 Å². The number of anilines is 1. The van der Waals surface area contributed by atoms with Gasteiger partial charge in [0.1, 0.15) is 11.9 Å². The number of carbonyl (C=O) groups is 1. The van der Waals surface area contributed by atoms with E-state index in [1.165, 1.54) is 16.4 Å². The van der Waals surface area contributed by atoms with Crippen molar-refractivity contribution in [1.82, 2.24) is 4.31 Å². The minimum atomic E-state index is -3.87. The average molecular weight is 376 g/mol. The molecule has 1 aliphatic rings. The molecule has 1 heterocycles. The third-order valence-corrected chi connectivity index (χ3v) is 6.87. The van der Waals surface area contributed by atoms with E-state index in [2.05, 4.69) is 0 Å². The number of hydrogen-bond acceptors (Lipinski definition) is 3. The summed E-state index contributed by atoms with van der Waals surface area (Å²) in [5.41, 5.74) is 2.88. The summed E-state index contributed by atoms with van der Waals surface area (Å²) >= 11 is 0. The molecular weight excluding hydrogens is 355 g/mol. The second-order valence-electron chi connectivity index (χ2n) is 6.45. The maximum atomic E-state index is 13.1. The monoisotopic (exact) mass is 376 g/mol. The standard InChI is InChI=1S/C19H21FN2O3S/c1-13-5-4-6-18(14(13)2)21-11-12-22(15(3)19(21)23)26(24,25)17-9-7-16(20)8-10-17/h4-10,15H,11-12H2,1-3H3. The summed E-state index contributed by atoms with van der Waals surface area (Å²) in [4.78, 5) is 14.5. The molecule has 26 heavy (non-hydrogen) atoms. The van der Waals surface area contributed by atoms with E-state index >= 15 is 0 Å². The number of rotatable bonds is 3. The number of hydrogen-bond donors (Lipinski definition) is 0. The fourth-order valence-electron chi connectivity index (χ4n) is 3.19. The van der Waals surface area contributed by atoms with Crippen molar-refractivity contribution >= 4 is 21.6 Å². The predicted molar refractivity (Wildman–Crippen MR) is 98.0 cm³/mol. The fraction of sp³-hybridized carbons (Fsp3) is 0.316. The first-order chi connectivity index (χ1) is 12.2. The van der Waals surface area contributed by atoms with Gasteiger partial charge in [-0.2, -0.15) is 4.31 Å². The van der Waals surface area contributed by atoms with Crippen LogP contribution in [0, 0.1) is 19.7 Å². The van der Waals surface area contributed by atoms with Gasteiger partial charge in [0.2, 0.25) is 15.9 Å². The Bertz CT molecular complexity index is 942. The number of aryl methyl sites for hydroxylation is 1. The molecule has 138 valence electrons. The van der Waals surface area contributed by atoms with Gasteiger partial charge in [-0.05, 0) is 62.2 Å². The van der Waals surface area contributed by atoms with Crippen LogP contribution < -0.4 is 4.90 Å². The Kier molecular flexibility index (Phi) is 4.86. The molecular formula is C19H21FN2O3S. The Hall–Kier alpha value is -2.25. The van der Waals surface area contributed by atoms with E-state index in [0.717, 1.165) is 28.9 Å². The first-order valence-corrected chi connectivity index (χ1v) is 9.82. The molecule has 0 aliphatic carbocycles. The smallest absolute Gasteiger partial charge is 0.245 e. The summed E-state index contributed by atoms with van der Waals surface area (Å²) in [6.45, 7) is 5.96. The van der Waals surface area contributed by atoms with Crippen LogP contribution in [0.15, 0.2) is 47.4 Å². The summed E-state index contributed by atoms with van der Waals surface area (Å²) in [5.74, 6) is -0.775. The Labute approximate surface area is 153 Å². The van der Waals surface area contributed by atoms with Crippen LogP contribution >= 0.6 is 0 Å². The van der Waals surface area contributed by atoms with Crippen LogP contribution in [0.1, 0.15) is 18.1 Å². The van der Waals surface area contributed by atoms with Gasteiger partial charge < -0.3 is 4.90 Å². The lowest BCUT2D eigenvalue weighted by molar-refractivity contribution is -0.123. The van der Waals surface area contributed by atoms with Crippen molar-refractivity contribution in [2.75, 3.05) is 18.0 Å². The molecule has 2 aromatic carbocycles. The molecule has 1 unspecified atom stereocenters. The van der Waals surface area contributed by atoms with Gasteiger partial charge in [0.05, 0.1) is 4.90 Å². The highest BCUT2D eigenvalue weighted by Gasteiger charge is 2.39. The molecule has 0 aromatic heterocycles. The topological polar surface area (TPSA) is 57.7 Å². The minimum Gasteiger partial charge on any atom is -0.309 e. The normalized spacial score (nSPS) is 19.0. The molecule has 0 saturated carbocycles. The maximum absolute atomic E-state index is 13.1. The van der Waals surface area contributed by atoms with Gasteiger partial charge >= 0.3 is 0 Å². The van der Waals surface area contributed by atoms with E-state index < -0.39 is 21.9 Å². The Morgan fingerprint density at radius 1 is 1.04 bits per heavy atom. The zero-order valence-electron chi connectivity index (χ0n) is 14.9. The van der Waals surface area contributed by atoms with E-state index in [-0.39, 0.29) is 23.9 Å². The Morgan fingerprint density at radius 3 is 2.35 bits per heavy atom. The number of carbonyl (C=O) groups excluding carboxylic acids is 1. The van der Waals surface area contributed by atoms with Crippen LogP contribution in [0.2, 0.25) is 0 Å². The molecule has 5 nitrogen and oxygen atoms in total. The third kappa shape index (κ3) is 3.12. The number of nitrogens with zero attached hydrogens (tertiary/aromatic N) is 2. The zero-order chi connectivity index (χ0) is 19.1. The molecule has 2 aromatic rings. The largest absolute Gasteiger partial charge is 0.309 e. The summed E-state index contributed by atoms with van der Waals surface area (Å²) in [6.07, 6.45) is 0. The highest BCUT2D eigenvalue weighted by atomic mass is 32.2. The van der Waals surface area contributed by atoms with E-state index in [9.17, 15) is 17.6 Å². The van der Waals surface area contributed by atoms with Crippen molar-refractivity contribution in [1.29, 1.82) is 0 Å². The lowest BCUT2D eigenvalue weighted by Gasteiger charge is -2.38. The molecule has 0 N–H and O–H groups in total. The molecule has 1 fully saturated rings. The maximum Gasteiger partial charge on any atom is 0.245 e. The van der Waals surface area contributed by atoms with Crippen molar-refractivity contribution in [3.05, 3.63) is 59.4 Å². The van der Waals surface area contributed by atoms with Gasteiger partial charge in [-0.3, -0.25) is 4.79 Å². The van der Waals surface area contributed by atoms with E-state index in [1.807, 2.05) is 32.0 Å². The quantitative estimate of drug-likeness (QED) is 0.828. The first kappa shape index (κ1) is 18.5. The number of halogens is 1. The SMILES string of the molecule is Cc1cccc(N2CCN(S(=O)(=O)c3ccc(F)cc3)C(C)C2=O)c1C. The molecule has 1 saturated heterocycles. The minimum absolute atomic E-state index is 0.0151. The van der Waals surface area contributed by atoms with E-state index in [4.69, 9.17) is 0 Å². The summed E-state index contributed by atoms with van der Waals surface area (Å²) in [7, 11) is -3.87. The van der Waals surface area contributed by atoms with E-state index in [0.29, 0.717) is 0 Å². The summed E-state index contributed by atoms with van der Waals surface area (Å²) < 4.78 is 40.0. The van der Waals surface area contributed by atoms with Gasteiger partial charge in [0.25, 0.3) is 0 Å². The molecule has 1 atom stereocenters. The van der Waals surface area contributed by atoms with Crippen LogP contribution in [0.4, 0.5) is 10.1 Å². The van der Waals surface area contributed by atoms with Gasteiger partial charge in [-0.1, -0.05) is 12.1 Å². The second-order valence-corrected chi connectivity index (χ2v) is 8.35. The lowest BCUT2D eigenvalue weighted by atomic mass is 10.1. The van der Waals surface area contributed by atoms with E-state index in [1.54, 1.807) is 11.8 Å². The lowest BCUT2D eigenvalue weighted by Crippen LogP contribution is -2.57. The predicted octanol–water partition coefficient (Wildman–Crippen LogP) is 2.87. The molecule has 7 heteroatoms. The van der Waals surface area contributed by atoms with Crippen LogP contribution in [0.5, 0.6) is 0 Å². The number of benzene rings is 2. The van der Waals surface area contributed by atoms with Gasteiger partial charge in [-0.25, -0.2) is 12.8 Å². The van der Waals surface area contributed by atoms with Crippen LogP contribution in [0.3, 0.4) is 0 Å². The third-order valence-electron chi connectivity index (χ3n) is 4.89. The van der Waals surface area contributed by atoms with Gasteiger partial charge in [0.15, 0.2) is 0 Å². The van der Waals surface area contributed by atoms with Crippen molar-refractivity contribution in [3.8, 4) is 0 Å². The fourth-order valence-corrected chi connectivity index (χ4v) is 4.77. The van der Waals surface area contributed by atoms with Crippen molar-refractivity contribution in [2.45, 2.75) is 31.7 Å². The molecule has 0 radical (unpaired) electrons. The van der Waals surface area contributed by atoms with Gasteiger partial charge in [0, 0.05) is 18.8 Å². The Balaban J connectivity index is 1.90. The van der Waals surface area contributed by atoms with Crippen molar-refractivity contribution < 1.29 is 17.6 Å². The molecule has 3 rings (SSSR count). The molecule has 0 bridgehead atoms. The number of sulfonamides is 1. The van der Waals surface area contributed by atoms with Crippen LogP contribution in [-0.2, 0) is 14.8 Å². The first-order valence-electron chi connectivity index (χ1n) is 8.38. The molecule has 0 spiro atoms. The molecule has 1 aliphatic heterocycles. The second kappa shape index (κ2) is 6.81. The highest BCUT2D eigenvalue weighted by Crippen LogP contribution is 2.28. The highest BCUT2D eigenvalue weighted by molar-refractivity contribution is 7.89. The zero-order valence-corrected chi connectivity index (χ0v) is 15.8. The average Bonchev–Trinajstić information content (AvgIpc) is 2.60. The summed E-state index contributed by atoms with van der Waals surface area (Å²) in [6, 6.07) is 9.55. The van der Waals surface area contributed by atoms with Crippen LogP contribution in [-0.4, -0.2) is 37.8 Å². The molecule has 1 amide bonds. The Morgan fingerprint density at radius 2 is 1.69 bits per heavy atom. The number of amides is 1. The van der Waals surface area contributed by atoms with Crippen molar-refractivity contribution in [3.63, 3.8) is 0 Å². The van der Waals surface area contributed by atoms with Crippen LogP contribution in [0.25, 0.3) is 0 Å². The van der Waals surface area contributed by atoms with Gasteiger partial charge in [-0.15, -0.1) is 0 Å².